The van der Waals surface area contributed by atoms with Crippen LogP contribution in [0.1, 0.15) is 48.9 Å². The van der Waals surface area contributed by atoms with Crippen molar-refractivity contribution in [2.45, 2.75) is 32.1 Å². The Hall–Kier alpha value is -2.60. The van der Waals surface area contributed by atoms with Crippen LogP contribution in [-0.4, -0.2) is 0 Å². The van der Waals surface area contributed by atoms with Crippen LogP contribution < -0.4 is 0 Å². The molecule has 0 N–H and O–H groups in total. The maximum absolute atomic E-state index is 2.39. The number of hydrogen-bond acceptors (Lipinski definition) is 0. The van der Waals surface area contributed by atoms with Crippen LogP contribution in [-0.2, 0) is 5.41 Å². The molecule has 4 rings (SSSR count). The van der Waals surface area contributed by atoms with E-state index in [4.69, 9.17) is 0 Å². The second-order valence-corrected chi connectivity index (χ2v) is 7.88. The van der Waals surface area contributed by atoms with E-state index in [1.54, 1.807) is 0 Å². The van der Waals surface area contributed by atoms with Gasteiger partial charge in [-0.25, -0.2) is 0 Å². The Morgan fingerprint density at radius 2 is 1.44 bits per heavy atom. The summed E-state index contributed by atoms with van der Waals surface area (Å²) in [6, 6.07) is 26.5. The molecule has 3 aromatic rings. The minimum Gasteiger partial charge on any atom is -0.0720 e. The van der Waals surface area contributed by atoms with E-state index in [1.165, 1.54) is 33.4 Å². The third kappa shape index (κ3) is 2.93. The van der Waals surface area contributed by atoms with Gasteiger partial charge in [0.25, 0.3) is 0 Å². The molecule has 1 aliphatic carbocycles. The molecule has 0 heterocycles. The van der Waals surface area contributed by atoms with Gasteiger partial charge >= 0.3 is 0 Å². The summed E-state index contributed by atoms with van der Waals surface area (Å²) in [5.41, 5.74) is 8.30. The van der Waals surface area contributed by atoms with Gasteiger partial charge in [0.2, 0.25) is 0 Å². The lowest BCUT2D eigenvalue weighted by Gasteiger charge is -2.23. The number of benzene rings is 3. The van der Waals surface area contributed by atoms with E-state index in [-0.39, 0.29) is 5.41 Å². The van der Waals surface area contributed by atoms with E-state index < -0.39 is 0 Å². The van der Waals surface area contributed by atoms with Crippen LogP contribution in [0.25, 0.3) is 17.2 Å². The summed E-state index contributed by atoms with van der Waals surface area (Å²) in [6.45, 7) is 6.84. The molecule has 0 heteroatoms. The summed E-state index contributed by atoms with van der Waals surface area (Å²) < 4.78 is 0. The van der Waals surface area contributed by atoms with E-state index in [2.05, 4.69) is 106 Å². The number of rotatable bonds is 2. The summed E-state index contributed by atoms with van der Waals surface area (Å²) in [6.07, 6.45) is 4.59. The highest BCUT2D eigenvalue weighted by atomic mass is 14.3. The maximum atomic E-state index is 2.39. The summed E-state index contributed by atoms with van der Waals surface area (Å²) in [4.78, 5) is 0. The maximum Gasteiger partial charge on any atom is 0.0284 e. The highest BCUT2D eigenvalue weighted by molar-refractivity contribution is 5.74. The van der Waals surface area contributed by atoms with Crippen molar-refractivity contribution >= 4 is 6.08 Å². The van der Waals surface area contributed by atoms with Crippen LogP contribution in [0.15, 0.2) is 78.9 Å². The minimum atomic E-state index is 0.144. The fourth-order valence-electron chi connectivity index (χ4n) is 3.68. The number of fused-ring (bicyclic) bond motifs is 1. The first-order valence-corrected chi connectivity index (χ1v) is 9.01. The van der Waals surface area contributed by atoms with E-state index in [1.807, 2.05) is 0 Å². The second kappa shape index (κ2) is 6.04. The Balaban J connectivity index is 1.90. The van der Waals surface area contributed by atoms with Crippen LogP contribution in [0.3, 0.4) is 0 Å². The molecule has 0 saturated heterocycles. The van der Waals surface area contributed by atoms with Gasteiger partial charge in [0.05, 0.1) is 0 Å². The molecule has 3 aromatic carbocycles. The molecule has 124 valence electrons. The van der Waals surface area contributed by atoms with Crippen LogP contribution in [0, 0.1) is 0 Å². The highest BCUT2D eigenvalue weighted by Gasteiger charge is 2.23. The normalized spacial score (nSPS) is 16.0. The molecule has 0 amide bonds. The molecule has 1 aliphatic rings. The van der Waals surface area contributed by atoms with E-state index in [9.17, 15) is 0 Å². The van der Waals surface area contributed by atoms with E-state index >= 15 is 0 Å². The van der Waals surface area contributed by atoms with Gasteiger partial charge in [-0.1, -0.05) is 106 Å². The van der Waals surface area contributed by atoms with Crippen molar-refractivity contribution in [2.75, 3.05) is 0 Å². The molecule has 0 saturated carbocycles. The van der Waals surface area contributed by atoms with Crippen LogP contribution in [0.4, 0.5) is 0 Å². The van der Waals surface area contributed by atoms with Crippen molar-refractivity contribution in [1.82, 2.24) is 0 Å². The lowest BCUT2D eigenvalue weighted by Crippen LogP contribution is -2.12. The monoisotopic (exact) mass is 324 g/mol. The summed E-state index contributed by atoms with van der Waals surface area (Å²) in [5, 5.41) is 0. The van der Waals surface area contributed by atoms with E-state index in [0.717, 1.165) is 0 Å². The fraction of sp³-hybridized carbons (Fsp3) is 0.200. The zero-order valence-corrected chi connectivity index (χ0v) is 15.2. The average Bonchev–Trinajstić information content (AvgIpc) is 3.05. The third-order valence-corrected chi connectivity index (χ3v) is 5.14. The predicted octanol–water partition coefficient (Wildman–Crippen LogP) is 6.81. The van der Waals surface area contributed by atoms with Gasteiger partial charge in [0, 0.05) is 5.92 Å². The van der Waals surface area contributed by atoms with Gasteiger partial charge in [-0.15, -0.1) is 0 Å². The van der Waals surface area contributed by atoms with Gasteiger partial charge in [0.1, 0.15) is 0 Å². The molecule has 0 aliphatic heterocycles. The quantitative estimate of drug-likeness (QED) is 0.485. The van der Waals surface area contributed by atoms with Gasteiger partial charge < -0.3 is 0 Å². The van der Waals surface area contributed by atoms with Crippen LogP contribution >= 0.6 is 0 Å². The Bertz CT molecular complexity index is 924. The molecule has 0 radical (unpaired) electrons. The fourth-order valence-corrected chi connectivity index (χ4v) is 3.68. The molecule has 0 nitrogen and oxygen atoms in total. The van der Waals surface area contributed by atoms with Crippen molar-refractivity contribution in [3.63, 3.8) is 0 Å². The molecule has 0 aromatic heterocycles. The second-order valence-electron chi connectivity index (χ2n) is 7.88. The van der Waals surface area contributed by atoms with Gasteiger partial charge in [-0.3, -0.25) is 0 Å². The Labute approximate surface area is 150 Å². The average molecular weight is 324 g/mol. The topological polar surface area (TPSA) is 0 Å². The van der Waals surface area contributed by atoms with Crippen molar-refractivity contribution in [2.24, 2.45) is 0 Å². The molecule has 1 unspecified atom stereocenters. The SMILES string of the molecule is CC(C)(C)c1ccc(C2C=Cc3ccccc32)c(-c2ccccc2)c1. The molecular weight excluding hydrogens is 300 g/mol. The molecule has 1 atom stereocenters. The predicted molar refractivity (Wildman–Crippen MR) is 108 cm³/mol. The third-order valence-electron chi connectivity index (χ3n) is 5.14. The minimum absolute atomic E-state index is 0.144. The molecule has 0 fully saturated rings. The van der Waals surface area contributed by atoms with Crippen molar-refractivity contribution in [1.29, 1.82) is 0 Å². The molecule has 25 heavy (non-hydrogen) atoms. The first kappa shape index (κ1) is 15.9. The van der Waals surface area contributed by atoms with Crippen LogP contribution in [0.5, 0.6) is 0 Å². The number of allylic oxidation sites excluding steroid dienone is 1. The first-order chi connectivity index (χ1) is 12.0. The standard InChI is InChI=1S/C25H24/c1-25(2,3)20-14-16-23(24(17-20)18-9-5-4-6-10-18)22-15-13-19-11-7-8-12-21(19)22/h4-17,22H,1-3H3. The Kier molecular flexibility index (Phi) is 3.84. The Morgan fingerprint density at radius 3 is 2.20 bits per heavy atom. The van der Waals surface area contributed by atoms with Gasteiger partial charge in [-0.05, 0) is 38.8 Å². The zero-order chi connectivity index (χ0) is 17.4. The van der Waals surface area contributed by atoms with Gasteiger partial charge in [0.15, 0.2) is 0 Å². The zero-order valence-electron chi connectivity index (χ0n) is 15.2. The van der Waals surface area contributed by atoms with Gasteiger partial charge in [-0.2, -0.15) is 0 Å². The highest BCUT2D eigenvalue weighted by Crippen LogP contribution is 2.41. The van der Waals surface area contributed by atoms with E-state index in [0.29, 0.717) is 5.92 Å². The van der Waals surface area contributed by atoms with Crippen LogP contribution in [0.2, 0.25) is 0 Å². The summed E-state index contributed by atoms with van der Waals surface area (Å²) in [7, 11) is 0. The molecule has 0 bridgehead atoms. The largest absolute Gasteiger partial charge is 0.0720 e. The summed E-state index contributed by atoms with van der Waals surface area (Å²) >= 11 is 0. The lowest BCUT2D eigenvalue weighted by atomic mass is 9.81. The summed E-state index contributed by atoms with van der Waals surface area (Å²) in [5.74, 6) is 0.334. The van der Waals surface area contributed by atoms with Crippen molar-refractivity contribution in [3.05, 3.63) is 101 Å². The molecular formula is C25H24. The lowest BCUT2D eigenvalue weighted by molar-refractivity contribution is 0.590. The van der Waals surface area contributed by atoms with Crippen molar-refractivity contribution < 1.29 is 0 Å². The number of hydrogen-bond donors (Lipinski definition) is 0. The smallest absolute Gasteiger partial charge is 0.0284 e. The molecule has 0 spiro atoms. The van der Waals surface area contributed by atoms with Crippen molar-refractivity contribution in [3.8, 4) is 11.1 Å². The first-order valence-electron chi connectivity index (χ1n) is 9.01. The Morgan fingerprint density at radius 1 is 0.720 bits per heavy atom.